The number of aromatic nitrogens is 2. The van der Waals surface area contributed by atoms with Crippen LogP contribution in [0.25, 0.3) is 0 Å². The first kappa shape index (κ1) is 27.6. The van der Waals surface area contributed by atoms with Gasteiger partial charge in [-0.15, -0.1) is 0 Å². The number of carbonyl (C=O) groups is 1. The Labute approximate surface area is 213 Å². The maximum Gasteiger partial charge on any atom is 0.417 e. The average Bonchev–Trinajstić information content (AvgIpc) is 2.83. The lowest BCUT2D eigenvalue weighted by Crippen LogP contribution is -2.51. The quantitative estimate of drug-likeness (QED) is 0.282. The van der Waals surface area contributed by atoms with Crippen molar-refractivity contribution in [1.29, 1.82) is 5.41 Å². The van der Waals surface area contributed by atoms with E-state index in [-0.39, 0.29) is 17.6 Å². The summed E-state index contributed by atoms with van der Waals surface area (Å²) in [5, 5.41) is 10.7. The number of hydrogen-bond donors (Lipinski definition) is 3. The van der Waals surface area contributed by atoms with Crippen molar-refractivity contribution in [2.24, 2.45) is 5.73 Å². The van der Waals surface area contributed by atoms with E-state index >= 15 is 0 Å². The molecule has 2 heterocycles. The first-order valence-electron chi connectivity index (χ1n) is 11.7. The summed E-state index contributed by atoms with van der Waals surface area (Å²) in [7, 11) is 0. The third kappa shape index (κ3) is 7.28. The fourth-order valence-corrected chi connectivity index (χ4v) is 3.73. The van der Waals surface area contributed by atoms with Crippen LogP contribution in [0, 0.1) is 12.3 Å². The largest absolute Gasteiger partial charge is 0.462 e. The summed E-state index contributed by atoms with van der Waals surface area (Å²) >= 11 is 0. The second-order valence-corrected chi connectivity index (χ2v) is 9.44. The number of amides is 1. The summed E-state index contributed by atoms with van der Waals surface area (Å²) in [6.45, 7) is 6.86. The minimum atomic E-state index is -4.52. The van der Waals surface area contributed by atoms with Gasteiger partial charge in [0, 0.05) is 41.7 Å². The van der Waals surface area contributed by atoms with E-state index in [0.717, 1.165) is 23.3 Å². The van der Waals surface area contributed by atoms with Crippen LogP contribution in [0.1, 0.15) is 54.6 Å². The molecule has 2 unspecified atom stereocenters. The van der Waals surface area contributed by atoms with Gasteiger partial charge in [0.1, 0.15) is 5.84 Å². The van der Waals surface area contributed by atoms with Crippen molar-refractivity contribution >= 4 is 11.7 Å². The summed E-state index contributed by atoms with van der Waals surface area (Å²) in [5.74, 6) is -0.940. The van der Waals surface area contributed by atoms with Crippen molar-refractivity contribution in [1.82, 2.24) is 15.3 Å². The van der Waals surface area contributed by atoms with E-state index in [1.165, 1.54) is 13.8 Å². The molecule has 0 saturated carbocycles. The molecule has 1 aromatic carbocycles. The molecule has 4 N–H and O–H groups in total. The number of ether oxygens (including phenoxy) is 1. The summed E-state index contributed by atoms with van der Waals surface area (Å²) in [4.78, 5) is 21.4. The minimum Gasteiger partial charge on any atom is -0.462 e. The summed E-state index contributed by atoms with van der Waals surface area (Å²) in [6, 6.07) is 12.9. The van der Waals surface area contributed by atoms with Gasteiger partial charge in [0.25, 0.3) is 5.91 Å². The van der Waals surface area contributed by atoms with E-state index in [9.17, 15) is 18.0 Å². The van der Waals surface area contributed by atoms with E-state index in [1.807, 2.05) is 38.1 Å². The fourth-order valence-electron chi connectivity index (χ4n) is 3.73. The van der Waals surface area contributed by atoms with Gasteiger partial charge in [-0.1, -0.05) is 29.8 Å². The fraction of sp³-hybridized carbons (Fsp3) is 0.333. The molecule has 1 amide bonds. The Morgan fingerprint density at radius 2 is 1.78 bits per heavy atom. The Morgan fingerprint density at radius 3 is 2.35 bits per heavy atom. The molecule has 196 valence electrons. The molecule has 0 aliphatic carbocycles. The van der Waals surface area contributed by atoms with Crippen LogP contribution < -0.4 is 15.8 Å². The minimum absolute atomic E-state index is 0.0898. The van der Waals surface area contributed by atoms with Crippen molar-refractivity contribution in [2.45, 2.75) is 57.9 Å². The van der Waals surface area contributed by atoms with Gasteiger partial charge in [0.05, 0.1) is 5.56 Å². The summed E-state index contributed by atoms with van der Waals surface area (Å²) in [5.41, 5.74) is 6.68. The van der Waals surface area contributed by atoms with Gasteiger partial charge in [-0.05, 0) is 57.9 Å². The Kier molecular flexibility index (Phi) is 8.20. The number of halogens is 3. The van der Waals surface area contributed by atoms with Crippen LogP contribution in [0.5, 0.6) is 5.88 Å². The van der Waals surface area contributed by atoms with Crippen LogP contribution in [0.4, 0.5) is 13.2 Å². The first-order chi connectivity index (χ1) is 17.3. The Balaban J connectivity index is 1.81. The van der Waals surface area contributed by atoms with Crippen LogP contribution in [0.2, 0.25) is 0 Å². The molecule has 0 spiro atoms. The molecule has 3 aromatic rings. The highest BCUT2D eigenvalue weighted by molar-refractivity contribution is 5.94. The smallest absolute Gasteiger partial charge is 0.417 e. The van der Waals surface area contributed by atoms with Gasteiger partial charge in [-0.3, -0.25) is 15.2 Å². The maximum atomic E-state index is 13.2. The number of pyridine rings is 2. The lowest BCUT2D eigenvalue weighted by atomic mass is 9.88. The first-order valence-corrected chi connectivity index (χ1v) is 11.7. The van der Waals surface area contributed by atoms with Crippen LogP contribution in [-0.4, -0.2) is 33.4 Å². The molecule has 0 radical (unpaired) electrons. The Morgan fingerprint density at radius 1 is 1.11 bits per heavy atom. The predicted molar refractivity (Wildman–Crippen MR) is 134 cm³/mol. The monoisotopic (exact) mass is 513 g/mol. The third-order valence-corrected chi connectivity index (χ3v) is 5.98. The highest BCUT2D eigenvalue weighted by Gasteiger charge is 2.35. The van der Waals surface area contributed by atoms with Gasteiger partial charge < -0.3 is 15.8 Å². The number of nitrogens with one attached hydrogen (secondary N) is 2. The second-order valence-electron chi connectivity index (χ2n) is 9.44. The topological polar surface area (TPSA) is 114 Å². The molecule has 7 nitrogen and oxygen atoms in total. The number of aryl methyl sites for hydroxylation is 1. The van der Waals surface area contributed by atoms with E-state index in [4.69, 9.17) is 15.9 Å². The molecule has 10 heteroatoms. The number of nitrogens with two attached hydrogens (primary N) is 1. The van der Waals surface area contributed by atoms with Crippen molar-refractivity contribution < 1.29 is 22.7 Å². The second kappa shape index (κ2) is 11.0. The molecule has 37 heavy (non-hydrogen) atoms. The number of nitrogen functional groups attached to an aromatic ring is 1. The molecule has 0 bridgehead atoms. The molecule has 0 fully saturated rings. The van der Waals surface area contributed by atoms with Gasteiger partial charge in [-0.25, -0.2) is 4.98 Å². The number of benzene rings is 1. The molecule has 0 aliphatic rings. The van der Waals surface area contributed by atoms with Gasteiger partial charge in [0.15, 0.2) is 5.60 Å². The molecular formula is C27H30F3N5O2. The summed E-state index contributed by atoms with van der Waals surface area (Å²) < 4.78 is 44.1. The lowest BCUT2D eigenvalue weighted by Gasteiger charge is -2.30. The Hall–Kier alpha value is -3.95. The normalized spacial score (nSPS) is 13.5. The number of carbonyl (C=O) groups excluding carboxylic acids is 1. The van der Waals surface area contributed by atoms with Crippen LogP contribution in [0.15, 0.2) is 60.9 Å². The maximum absolute atomic E-state index is 13.2. The molecule has 0 saturated heterocycles. The third-order valence-electron chi connectivity index (χ3n) is 5.98. The van der Waals surface area contributed by atoms with Crippen molar-refractivity contribution in [3.63, 3.8) is 0 Å². The number of rotatable bonds is 9. The van der Waals surface area contributed by atoms with Gasteiger partial charge in [-0.2, -0.15) is 13.2 Å². The van der Waals surface area contributed by atoms with Crippen molar-refractivity contribution in [2.75, 3.05) is 0 Å². The van der Waals surface area contributed by atoms with Gasteiger partial charge in [0.2, 0.25) is 5.88 Å². The number of nitrogens with zero attached hydrogens (tertiary/aromatic N) is 2. The number of amidine groups is 1. The molecular weight excluding hydrogens is 483 g/mol. The standard InChI is InChI=1S/C27H30F3N5O2/c1-16-5-7-18(8-6-16)13-21(22-14-19(24(31)32)11-12-33-22)17(2)35-25(36)26(3,4)37-23-10-9-20(15-34-23)27(28,29)30/h5-12,14-15,17,21H,13H2,1-4H3,(H3,31,32)(H,35,36). The lowest BCUT2D eigenvalue weighted by molar-refractivity contribution is -0.138. The van der Waals surface area contributed by atoms with E-state index in [1.54, 1.807) is 18.3 Å². The zero-order valence-corrected chi connectivity index (χ0v) is 21.1. The predicted octanol–water partition coefficient (Wildman–Crippen LogP) is 4.78. The highest BCUT2D eigenvalue weighted by atomic mass is 19.4. The van der Waals surface area contributed by atoms with Crippen LogP contribution >= 0.6 is 0 Å². The number of alkyl halides is 3. The molecule has 2 aromatic heterocycles. The van der Waals surface area contributed by atoms with Crippen molar-refractivity contribution in [3.05, 3.63) is 88.9 Å². The summed E-state index contributed by atoms with van der Waals surface area (Å²) in [6.07, 6.45) is -1.73. The number of hydrogen-bond acceptors (Lipinski definition) is 5. The van der Waals surface area contributed by atoms with E-state index in [0.29, 0.717) is 23.9 Å². The van der Waals surface area contributed by atoms with E-state index in [2.05, 4.69) is 15.3 Å². The molecule has 0 aliphatic heterocycles. The molecule has 2 atom stereocenters. The van der Waals surface area contributed by atoms with Crippen LogP contribution in [0.3, 0.4) is 0 Å². The van der Waals surface area contributed by atoms with Crippen LogP contribution in [-0.2, 0) is 17.4 Å². The van der Waals surface area contributed by atoms with E-state index < -0.39 is 29.3 Å². The Bertz CT molecular complexity index is 1240. The van der Waals surface area contributed by atoms with Crippen molar-refractivity contribution in [3.8, 4) is 5.88 Å². The zero-order valence-electron chi connectivity index (χ0n) is 21.1. The highest BCUT2D eigenvalue weighted by Crippen LogP contribution is 2.30. The SMILES string of the molecule is Cc1ccc(CC(c2cc(C(=N)N)ccn2)C(C)NC(=O)C(C)(C)Oc2ccc(C(F)(F)F)cn2)cc1. The average molecular weight is 514 g/mol. The van der Waals surface area contributed by atoms with Gasteiger partial charge >= 0.3 is 6.18 Å². The molecule has 3 rings (SSSR count). The zero-order chi connectivity index (χ0) is 27.4.